The molecule has 2 aliphatic heterocycles. The SMILES string of the molecule is CCCCCCON=C(C(=O)N[C@@H]1C(=O)N2C(C(=O)O)=C(C[n+]3ccn4ccccc43)CS[C@@H]12)c1csc(N)n1. The third kappa shape index (κ3) is 5.54. The summed E-state index contributed by atoms with van der Waals surface area (Å²) in [6.07, 6.45) is 9.62. The van der Waals surface area contributed by atoms with E-state index in [9.17, 15) is 19.5 Å². The van der Waals surface area contributed by atoms with E-state index in [-0.39, 0.29) is 22.2 Å². The summed E-state index contributed by atoms with van der Waals surface area (Å²) in [5.74, 6) is -1.92. The van der Waals surface area contributed by atoms with Gasteiger partial charge in [-0.05, 0) is 18.9 Å². The number of oxime groups is 1. The van der Waals surface area contributed by atoms with Gasteiger partial charge in [-0.1, -0.05) is 31.0 Å². The Balaban J connectivity index is 1.31. The molecule has 210 valence electrons. The van der Waals surface area contributed by atoms with Crippen LogP contribution in [0.2, 0.25) is 0 Å². The van der Waals surface area contributed by atoms with Gasteiger partial charge in [-0.15, -0.1) is 23.1 Å². The molecule has 14 heteroatoms. The van der Waals surface area contributed by atoms with Gasteiger partial charge in [-0.2, -0.15) is 0 Å². The van der Waals surface area contributed by atoms with E-state index in [1.807, 2.05) is 45.8 Å². The monoisotopic (exact) mass is 584 g/mol. The number of carboxylic acids is 1. The minimum absolute atomic E-state index is 0.0430. The highest BCUT2D eigenvalue weighted by atomic mass is 32.2. The van der Waals surface area contributed by atoms with Crippen molar-refractivity contribution in [3.8, 4) is 0 Å². The highest BCUT2D eigenvalue weighted by Crippen LogP contribution is 2.40. The van der Waals surface area contributed by atoms with E-state index < -0.39 is 29.2 Å². The molecule has 0 aliphatic carbocycles. The number of fused-ring (bicyclic) bond motifs is 2. The number of pyridine rings is 1. The first-order valence-corrected chi connectivity index (χ1v) is 14.9. The first-order valence-electron chi connectivity index (χ1n) is 13.0. The molecule has 0 unspecified atom stereocenters. The van der Waals surface area contributed by atoms with Crippen molar-refractivity contribution in [3.63, 3.8) is 0 Å². The fraction of sp³-hybridized carbons (Fsp3) is 0.385. The minimum atomic E-state index is -1.18. The molecule has 1 fully saturated rings. The number of hydrogen-bond acceptors (Lipinski definition) is 9. The third-order valence-electron chi connectivity index (χ3n) is 6.69. The number of aliphatic carboxylic acids is 1. The quantitative estimate of drug-likeness (QED) is 0.0960. The Bertz CT molecular complexity index is 1500. The number of nitrogens with zero attached hydrogens (tertiary/aromatic N) is 5. The molecule has 2 amide bonds. The van der Waals surface area contributed by atoms with Crippen LogP contribution in [-0.4, -0.2) is 66.7 Å². The zero-order chi connectivity index (χ0) is 28.2. The van der Waals surface area contributed by atoms with Gasteiger partial charge in [0.05, 0.1) is 6.20 Å². The van der Waals surface area contributed by atoms with Crippen molar-refractivity contribution in [1.29, 1.82) is 0 Å². The summed E-state index contributed by atoms with van der Waals surface area (Å²) in [5, 5.41) is 18.1. The number of thiazole rings is 1. The molecule has 4 N–H and O–H groups in total. The van der Waals surface area contributed by atoms with Crippen LogP contribution >= 0.6 is 23.1 Å². The highest BCUT2D eigenvalue weighted by molar-refractivity contribution is 8.00. The van der Waals surface area contributed by atoms with E-state index in [0.29, 0.717) is 24.5 Å². The average Bonchev–Trinajstić information content (AvgIpc) is 3.56. The molecular formula is C26H30N7O5S2+. The molecule has 0 saturated carbocycles. The van der Waals surface area contributed by atoms with E-state index in [2.05, 4.69) is 22.4 Å². The van der Waals surface area contributed by atoms with E-state index in [1.165, 1.54) is 16.7 Å². The second-order valence-electron chi connectivity index (χ2n) is 9.42. The molecule has 2 atom stereocenters. The third-order valence-corrected chi connectivity index (χ3v) is 8.70. The largest absolute Gasteiger partial charge is 0.477 e. The zero-order valence-corrected chi connectivity index (χ0v) is 23.5. The Morgan fingerprint density at radius 2 is 2.15 bits per heavy atom. The van der Waals surface area contributed by atoms with Gasteiger partial charge in [0.2, 0.25) is 0 Å². The Kier molecular flexibility index (Phi) is 8.35. The number of carbonyl (C=O) groups excluding carboxylic acids is 2. The number of rotatable bonds is 12. The fourth-order valence-corrected chi connectivity index (χ4v) is 6.59. The Hall–Kier alpha value is -3.91. The maximum absolute atomic E-state index is 13.2. The minimum Gasteiger partial charge on any atom is -0.477 e. The van der Waals surface area contributed by atoms with Crippen LogP contribution in [0.1, 0.15) is 38.3 Å². The van der Waals surface area contributed by atoms with Crippen LogP contribution < -0.4 is 15.6 Å². The Morgan fingerprint density at radius 3 is 2.90 bits per heavy atom. The number of nitrogens with one attached hydrogen (secondary N) is 1. The lowest BCUT2D eigenvalue weighted by Crippen LogP contribution is -2.71. The predicted octanol–water partition coefficient (Wildman–Crippen LogP) is 2.01. The van der Waals surface area contributed by atoms with E-state index in [4.69, 9.17) is 10.6 Å². The number of thioether (sulfide) groups is 1. The molecule has 0 aromatic carbocycles. The highest BCUT2D eigenvalue weighted by Gasteiger charge is 2.54. The molecule has 5 rings (SSSR count). The van der Waals surface area contributed by atoms with Gasteiger partial charge < -0.3 is 21.0 Å². The number of carbonyl (C=O) groups is 3. The molecule has 0 radical (unpaired) electrons. The number of nitrogen functional groups attached to an aromatic ring is 1. The summed E-state index contributed by atoms with van der Waals surface area (Å²) in [6, 6.07) is 4.84. The van der Waals surface area contributed by atoms with Crippen molar-refractivity contribution in [1.82, 2.24) is 19.6 Å². The van der Waals surface area contributed by atoms with E-state index in [1.54, 1.807) is 5.38 Å². The summed E-state index contributed by atoms with van der Waals surface area (Å²) in [6.45, 7) is 2.77. The number of unbranched alkanes of at least 4 members (excludes halogenated alkanes) is 3. The number of hydrogen-bond donors (Lipinski definition) is 3. The van der Waals surface area contributed by atoms with Crippen LogP contribution in [-0.2, 0) is 25.8 Å². The number of aromatic nitrogens is 3. The lowest BCUT2D eigenvalue weighted by Gasteiger charge is -2.49. The van der Waals surface area contributed by atoms with Crippen LogP contribution in [0.4, 0.5) is 5.13 Å². The maximum atomic E-state index is 13.2. The van der Waals surface area contributed by atoms with Gasteiger partial charge in [-0.25, -0.2) is 18.7 Å². The molecule has 1 saturated heterocycles. The summed E-state index contributed by atoms with van der Waals surface area (Å²) < 4.78 is 3.87. The second kappa shape index (κ2) is 12.1. The van der Waals surface area contributed by atoms with Gasteiger partial charge in [0.25, 0.3) is 17.5 Å². The van der Waals surface area contributed by atoms with Crippen molar-refractivity contribution in [2.24, 2.45) is 5.16 Å². The van der Waals surface area contributed by atoms with Gasteiger partial charge in [0.1, 0.15) is 48.4 Å². The summed E-state index contributed by atoms with van der Waals surface area (Å²) in [4.78, 5) is 49.6. The number of amides is 2. The molecule has 2 aliphatic rings. The van der Waals surface area contributed by atoms with Crippen molar-refractivity contribution >= 4 is 57.4 Å². The van der Waals surface area contributed by atoms with Crippen molar-refractivity contribution in [2.45, 2.75) is 50.6 Å². The first-order chi connectivity index (χ1) is 19.4. The summed E-state index contributed by atoms with van der Waals surface area (Å²) >= 11 is 2.57. The zero-order valence-electron chi connectivity index (χ0n) is 21.9. The van der Waals surface area contributed by atoms with Crippen LogP contribution in [0.3, 0.4) is 0 Å². The van der Waals surface area contributed by atoms with Crippen molar-refractivity contribution in [3.05, 3.63) is 59.1 Å². The van der Waals surface area contributed by atoms with Crippen molar-refractivity contribution < 1.29 is 28.9 Å². The predicted molar refractivity (Wildman–Crippen MR) is 150 cm³/mol. The topological polar surface area (TPSA) is 156 Å². The smallest absolute Gasteiger partial charge is 0.352 e. The van der Waals surface area contributed by atoms with Crippen LogP contribution in [0, 0.1) is 0 Å². The number of carboxylic acid groups (broad SMARTS) is 1. The normalized spacial score (nSPS) is 19.0. The molecule has 5 heterocycles. The maximum Gasteiger partial charge on any atom is 0.352 e. The molecule has 3 aromatic rings. The van der Waals surface area contributed by atoms with E-state index in [0.717, 1.165) is 42.7 Å². The van der Waals surface area contributed by atoms with Crippen LogP contribution in [0.5, 0.6) is 0 Å². The lowest BCUT2D eigenvalue weighted by atomic mass is 10.0. The molecular weight excluding hydrogens is 554 g/mol. The number of β-lactam (4-membered cyclic amide) rings is 1. The lowest BCUT2D eigenvalue weighted by molar-refractivity contribution is -0.662. The summed E-state index contributed by atoms with van der Waals surface area (Å²) in [5.41, 5.74) is 7.40. The van der Waals surface area contributed by atoms with Gasteiger partial charge in [0.15, 0.2) is 10.8 Å². The van der Waals surface area contributed by atoms with E-state index >= 15 is 0 Å². The first kappa shape index (κ1) is 27.6. The average molecular weight is 585 g/mol. The summed E-state index contributed by atoms with van der Waals surface area (Å²) in [7, 11) is 0. The number of imidazole rings is 1. The standard InChI is InChI=1S/C26H29N7O5S2/c1-2-3-4-7-12-38-30-19(17-15-40-26(27)28-17)22(34)29-20-23(35)33-21(25(36)37)16(14-39-24(20)33)13-32-11-10-31-9-6-5-8-18(31)32/h5-6,8-11,15,20,24H,2-4,7,12-14H2,1H3,(H3-,27,28,29,34,36,37)/p+1/t20-,24+/m1/s1. The van der Waals surface area contributed by atoms with Crippen LogP contribution in [0.15, 0.2) is 58.6 Å². The van der Waals surface area contributed by atoms with Gasteiger partial charge in [-0.3, -0.25) is 14.5 Å². The van der Waals surface area contributed by atoms with Gasteiger partial charge in [0, 0.05) is 22.8 Å². The second-order valence-corrected chi connectivity index (χ2v) is 11.4. The molecule has 12 nitrogen and oxygen atoms in total. The van der Waals surface area contributed by atoms with Crippen molar-refractivity contribution in [2.75, 3.05) is 18.1 Å². The molecule has 3 aromatic heterocycles. The molecule has 40 heavy (non-hydrogen) atoms. The molecule has 0 bridgehead atoms. The molecule has 0 spiro atoms. The fourth-order valence-electron chi connectivity index (χ4n) is 4.70. The Labute approximate surface area is 238 Å². The Morgan fingerprint density at radius 1 is 1.30 bits per heavy atom. The van der Waals surface area contributed by atoms with Gasteiger partial charge >= 0.3 is 5.97 Å². The van der Waals surface area contributed by atoms with Crippen LogP contribution in [0.25, 0.3) is 5.65 Å². The number of nitrogens with two attached hydrogens (primary N) is 1. The number of anilines is 1.